The van der Waals surface area contributed by atoms with Gasteiger partial charge < -0.3 is 20.3 Å². The number of nitrogens with one attached hydrogen (secondary N) is 1. The van der Waals surface area contributed by atoms with Crippen LogP contribution in [0.4, 0.5) is 5.82 Å². The fourth-order valence-electron chi connectivity index (χ4n) is 3.81. The average Bonchev–Trinajstić information content (AvgIpc) is 3.38. The molecule has 0 spiro atoms. The molecule has 0 radical (unpaired) electrons. The number of aliphatic hydroxyl groups is 1. The summed E-state index contributed by atoms with van der Waals surface area (Å²) in [4.78, 5) is 35.6. The van der Waals surface area contributed by atoms with Gasteiger partial charge in [0.1, 0.15) is 35.0 Å². The zero-order valence-corrected chi connectivity index (χ0v) is 26.5. The second kappa shape index (κ2) is 13.2. The molecule has 6 unspecified atom stereocenters. The minimum atomic E-state index is -4.19. The summed E-state index contributed by atoms with van der Waals surface area (Å²) in [6, 6.07) is -1.06. The minimum Gasteiger partial charge on any atom is -0.462 e. The van der Waals surface area contributed by atoms with Gasteiger partial charge in [0.15, 0.2) is 22.8 Å². The van der Waals surface area contributed by atoms with E-state index in [4.69, 9.17) is 35.9 Å². The third kappa shape index (κ3) is 8.17. The molecule has 3 heterocycles. The molecule has 230 valence electrons. The Labute approximate surface area is 248 Å². The highest BCUT2D eigenvalue weighted by atomic mass is 35.5. The number of nitrogen functional groups attached to an aromatic ring is 1. The van der Waals surface area contributed by atoms with E-state index >= 15 is 0 Å². The van der Waals surface area contributed by atoms with Gasteiger partial charge >= 0.3 is 13.7 Å². The second-order valence-electron chi connectivity index (χ2n) is 11.1. The summed E-state index contributed by atoms with van der Waals surface area (Å²) in [5, 5.41) is 13.5. The van der Waals surface area contributed by atoms with Crippen LogP contribution in [-0.2, 0) is 32.7 Å². The van der Waals surface area contributed by atoms with Crippen LogP contribution in [0.5, 0.6) is 0 Å². The first-order valence-electron chi connectivity index (χ1n) is 13.0. The number of rotatable bonds is 12. The molecule has 2 aromatic heterocycles. The molecular formula is C24H38ClN6O8PS. The first kappa shape index (κ1) is 33.7. The molecule has 2 aromatic rings. The first-order chi connectivity index (χ1) is 19.0. The Kier molecular flexibility index (Phi) is 10.8. The molecule has 0 aromatic carbocycles. The van der Waals surface area contributed by atoms with Gasteiger partial charge in [0.25, 0.3) is 0 Å². The number of aliphatic hydroxyl groups excluding tert-OH is 1. The Morgan fingerprint density at radius 2 is 1.98 bits per heavy atom. The number of alkyl halides is 1. The lowest BCUT2D eigenvalue weighted by Crippen LogP contribution is -2.40. The number of nitrogens with zero attached hydrogens (tertiary/aromatic N) is 4. The van der Waals surface area contributed by atoms with Crippen molar-refractivity contribution in [3.8, 4) is 0 Å². The Bertz CT molecular complexity index is 1290. The van der Waals surface area contributed by atoms with E-state index in [0.29, 0.717) is 11.2 Å². The van der Waals surface area contributed by atoms with Crippen molar-refractivity contribution in [3.05, 3.63) is 12.7 Å². The van der Waals surface area contributed by atoms with Gasteiger partial charge in [0.05, 0.1) is 25.6 Å². The summed E-state index contributed by atoms with van der Waals surface area (Å²) >= 11 is 7.77. The number of hydrogen-bond donors (Lipinski definition) is 3. The van der Waals surface area contributed by atoms with E-state index in [1.165, 1.54) is 24.1 Å². The van der Waals surface area contributed by atoms with Crippen LogP contribution < -0.4 is 10.8 Å². The molecule has 1 aliphatic heterocycles. The van der Waals surface area contributed by atoms with Crippen molar-refractivity contribution in [1.29, 1.82) is 0 Å². The van der Waals surface area contributed by atoms with Crippen LogP contribution in [0, 0.1) is 5.41 Å². The van der Waals surface area contributed by atoms with E-state index in [1.807, 2.05) is 0 Å². The van der Waals surface area contributed by atoms with Crippen molar-refractivity contribution in [2.24, 2.45) is 5.41 Å². The minimum absolute atomic E-state index is 0.0624. The number of anilines is 1. The zero-order chi connectivity index (χ0) is 30.8. The molecular weight excluding hydrogens is 599 g/mol. The maximum absolute atomic E-state index is 13.7. The summed E-state index contributed by atoms with van der Waals surface area (Å²) in [5.74, 6) is -0.303. The van der Waals surface area contributed by atoms with Crippen LogP contribution in [0.15, 0.2) is 12.7 Å². The van der Waals surface area contributed by atoms with Crippen molar-refractivity contribution in [2.45, 2.75) is 83.9 Å². The maximum Gasteiger partial charge on any atom is 0.406 e. The predicted octanol–water partition coefficient (Wildman–Crippen LogP) is 3.04. The number of carbonyl (C=O) groups excluding carboxylic acids is 2. The van der Waals surface area contributed by atoms with Crippen molar-refractivity contribution < 1.29 is 37.8 Å². The Balaban J connectivity index is 1.74. The quantitative estimate of drug-likeness (QED) is 0.133. The van der Waals surface area contributed by atoms with E-state index in [2.05, 4.69) is 20.0 Å². The van der Waals surface area contributed by atoms with E-state index < -0.39 is 61.2 Å². The second-order valence-corrected chi connectivity index (χ2v) is 14.7. The van der Waals surface area contributed by atoms with E-state index in [1.54, 1.807) is 41.5 Å². The van der Waals surface area contributed by atoms with Crippen LogP contribution in [0.1, 0.15) is 54.7 Å². The topological polar surface area (TPSA) is 190 Å². The highest BCUT2D eigenvalue weighted by Crippen LogP contribution is 2.48. The summed E-state index contributed by atoms with van der Waals surface area (Å²) in [6.45, 7) is 11.2. The van der Waals surface area contributed by atoms with Gasteiger partial charge in [0.2, 0.25) is 0 Å². The Morgan fingerprint density at radius 3 is 2.61 bits per heavy atom. The molecule has 1 fully saturated rings. The molecule has 41 heavy (non-hydrogen) atoms. The Hall–Kier alpha value is -1.84. The molecule has 0 amide bonds. The molecule has 14 nitrogen and oxygen atoms in total. The van der Waals surface area contributed by atoms with Crippen LogP contribution in [-0.4, -0.2) is 83.9 Å². The number of ether oxygens (including phenoxy) is 2. The standard InChI is InChI=1S/C24H38ClN6O8PS/c1-13(2)38-20(33)14(3)30-40(35,36-8-9-41-22(34)23(4,5)6)37-10-15-17(32)24(7,25)21(39-15)31-12-29-16-18(26)27-11-28-19(16)31/h11-15,17,21,32H,8-10H2,1-7H3,(H,30,35)(H2,26,27,28). The summed E-state index contributed by atoms with van der Waals surface area (Å²) in [5.41, 5.74) is 6.01. The van der Waals surface area contributed by atoms with Gasteiger partial charge in [-0.15, -0.1) is 11.6 Å². The zero-order valence-electron chi connectivity index (χ0n) is 24.1. The fraction of sp³-hybridized carbons (Fsp3) is 0.708. The van der Waals surface area contributed by atoms with E-state index in [-0.39, 0.29) is 23.3 Å². The van der Waals surface area contributed by atoms with Gasteiger partial charge in [-0.3, -0.25) is 23.2 Å². The highest BCUT2D eigenvalue weighted by Gasteiger charge is 2.54. The van der Waals surface area contributed by atoms with E-state index in [9.17, 15) is 19.3 Å². The van der Waals surface area contributed by atoms with Gasteiger partial charge in [-0.1, -0.05) is 32.5 Å². The number of thioether (sulfide) groups is 1. The number of aromatic nitrogens is 4. The monoisotopic (exact) mass is 636 g/mol. The summed E-state index contributed by atoms with van der Waals surface area (Å²) < 4.78 is 37.7. The number of halogens is 1. The van der Waals surface area contributed by atoms with Crippen LogP contribution in [0.3, 0.4) is 0 Å². The Morgan fingerprint density at radius 1 is 1.29 bits per heavy atom. The molecule has 6 atom stereocenters. The highest BCUT2D eigenvalue weighted by molar-refractivity contribution is 8.13. The van der Waals surface area contributed by atoms with Gasteiger partial charge in [-0.25, -0.2) is 24.6 Å². The lowest BCUT2D eigenvalue weighted by atomic mass is 10.00. The van der Waals surface area contributed by atoms with E-state index in [0.717, 1.165) is 11.8 Å². The summed E-state index contributed by atoms with van der Waals surface area (Å²) in [7, 11) is -4.19. The van der Waals surface area contributed by atoms with Crippen molar-refractivity contribution >= 4 is 59.2 Å². The predicted molar refractivity (Wildman–Crippen MR) is 154 cm³/mol. The molecule has 17 heteroatoms. The van der Waals surface area contributed by atoms with Crippen LogP contribution in [0.25, 0.3) is 11.2 Å². The molecule has 4 N–H and O–H groups in total. The number of nitrogens with two attached hydrogens (primary N) is 1. The molecule has 0 saturated carbocycles. The average molecular weight is 637 g/mol. The number of esters is 1. The lowest BCUT2D eigenvalue weighted by Gasteiger charge is -2.26. The molecule has 1 aliphatic rings. The molecule has 0 bridgehead atoms. The number of imidazole rings is 1. The SMILES string of the molecule is CC(C)OC(=O)C(C)NP(=O)(OCCSC(=O)C(C)(C)C)OCC1OC(n2cnc3c(N)ncnc32)C(C)(Cl)C1O. The molecule has 1 saturated heterocycles. The number of hydrogen-bond acceptors (Lipinski definition) is 13. The summed E-state index contributed by atoms with van der Waals surface area (Å²) in [6.07, 6.45) is -1.01. The smallest absolute Gasteiger partial charge is 0.406 e. The van der Waals surface area contributed by atoms with Gasteiger partial charge in [-0.05, 0) is 27.7 Å². The maximum atomic E-state index is 13.7. The van der Waals surface area contributed by atoms with Crippen molar-refractivity contribution in [2.75, 3.05) is 24.7 Å². The van der Waals surface area contributed by atoms with Crippen molar-refractivity contribution in [1.82, 2.24) is 24.6 Å². The third-order valence-corrected chi connectivity index (χ3v) is 9.38. The lowest BCUT2D eigenvalue weighted by molar-refractivity contribution is -0.149. The van der Waals surface area contributed by atoms with Crippen LogP contribution >= 0.6 is 31.1 Å². The van der Waals surface area contributed by atoms with Crippen LogP contribution in [0.2, 0.25) is 0 Å². The van der Waals surface area contributed by atoms with Crippen molar-refractivity contribution in [3.63, 3.8) is 0 Å². The normalized spacial score (nSPS) is 25.4. The third-order valence-electron chi connectivity index (χ3n) is 6.01. The first-order valence-corrected chi connectivity index (χ1v) is 15.9. The van der Waals surface area contributed by atoms with Gasteiger partial charge in [0, 0.05) is 11.2 Å². The van der Waals surface area contributed by atoms with Gasteiger partial charge in [-0.2, -0.15) is 0 Å². The number of carbonyl (C=O) groups is 2. The molecule has 0 aliphatic carbocycles. The number of fused-ring (bicyclic) bond motifs is 1. The molecule has 3 rings (SSSR count). The fourth-order valence-corrected chi connectivity index (χ4v) is 6.49. The largest absolute Gasteiger partial charge is 0.462 e.